The molecule has 7 nitrogen and oxygen atoms in total. The molecule has 0 fully saturated rings. The molecule has 0 bridgehead atoms. The van der Waals surface area contributed by atoms with Crippen molar-refractivity contribution in [1.82, 2.24) is 19.9 Å². The molecule has 0 atom stereocenters. The van der Waals surface area contributed by atoms with Crippen molar-refractivity contribution in [1.29, 1.82) is 0 Å². The van der Waals surface area contributed by atoms with Crippen LogP contribution in [0.3, 0.4) is 0 Å². The molecule has 2 N–H and O–H groups in total. The Morgan fingerprint density at radius 3 is 2.47 bits per heavy atom. The molecule has 0 unspecified atom stereocenters. The van der Waals surface area contributed by atoms with Crippen LogP contribution in [0.4, 0.5) is 29.5 Å². The molecule has 160 valence electrons. The van der Waals surface area contributed by atoms with Crippen molar-refractivity contribution in [3.8, 4) is 11.5 Å². The molecule has 0 aliphatic rings. The van der Waals surface area contributed by atoms with Crippen LogP contribution in [0.5, 0.6) is 0 Å². The van der Waals surface area contributed by atoms with Gasteiger partial charge in [0.25, 0.3) is 0 Å². The fourth-order valence-corrected chi connectivity index (χ4v) is 2.28. The fourth-order valence-electron chi connectivity index (χ4n) is 2.28. The minimum Gasteiger partial charge on any atom is -0.352 e. The van der Waals surface area contributed by atoms with Gasteiger partial charge in [0.2, 0.25) is 11.9 Å². The largest absolute Gasteiger partial charge is 0.433 e. The van der Waals surface area contributed by atoms with Gasteiger partial charge in [0, 0.05) is 17.9 Å². The maximum Gasteiger partial charge on any atom is 0.433 e. The van der Waals surface area contributed by atoms with Gasteiger partial charge in [-0.3, -0.25) is 4.99 Å². The van der Waals surface area contributed by atoms with Crippen LogP contribution in [-0.2, 0) is 6.18 Å². The monoisotopic (exact) mass is 423 g/mol. The summed E-state index contributed by atoms with van der Waals surface area (Å²) in [5.41, 5.74) is -0.541. The summed E-state index contributed by atoms with van der Waals surface area (Å²) in [5.74, 6) is 0.142. The first-order valence-electron chi connectivity index (χ1n) is 8.88. The van der Waals surface area contributed by atoms with Crippen molar-refractivity contribution in [3.63, 3.8) is 0 Å². The van der Waals surface area contributed by atoms with E-state index >= 15 is 0 Å². The molecule has 2 heterocycles. The average Bonchev–Trinajstić information content (AvgIpc) is 2.66. The average molecular weight is 423 g/mol. The van der Waals surface area contributed by atoms with Crippen LogP contribution < -0.4 is 10.6 Å². The fraction of sp³-hybridized carbons (Fsp3) is 0.316. The Hall–Kier alpha value is -3.37. The first-order valence-corrected chi connectivity index (χ1v) is 8.88. The molecule has 0 aliphatic heterocycles. The van der Waals surface area contributed by atoms with E-state index in [1.807, 2.05) is 13.8 Å². The number of halogens is 4. The predicted octanol–water partition coefficient (Wildman–Crippen LogP) is 4.64. The van der Waals surface area contributed by atoms with Gasteiger partial charge >= 0.3 is 6.18 Å². The number of aromatic nitrogens is 4. The highest BCUT2D eigenvalue weighted by molar-refractivity contribution is 5.97. The minimum atomic E-state index is -4.60. The van der Waals surface area contributed by atoms with Gasteiger partial charge in [-0.1, -0.05) is 12.6 Å². The van der Waals surface area contributed by atoms with E-state index < -0.39 is 18.5 Å². The maximum atomic E-state index is 13.0. The lowest BCUT2D eigenvalue weighted by atomic mass is 10.3. The standard InChI is InChI=1S/C19H21F4N7/c1-5-24-13(10-20)9-12(4)26-18-29-16(28-17(30-18)25-11(2)3)14-7-6-8-15(27-14)19(21,22)23/h5-9,11H,1,10H2,2-4H3,(H2,25,26,28,29,30)/b12-9+,24-13+. The summed E-state index contributed by atoms with van der Waals surface area (Å²) in [6, 6.07) is 3.41. The molecule has 0 aliphatic carbocycles. The van der Waals surface area contributed by atoms with Crippen molar-refractivity contribution >= 4 is 17.6 Å². The van der Waals surface area contributed by atoms with E-state index in [1.54, 1.807) is 6.92 Å². The maximum absolute atomic E-state index is 13.0. The highest BCUT2D eigenvalue weighted by Crippen LogP contribution is 2.29. The van der Waals surface area contributed by atoms with E-state index in [1.165, 1.54) is 24.4 Å². The number of alkyl halides is 4. The Kier molecular flexibility index (Phi) is 7.56. The number of hydrogen-bond donors (Lipinski definition) is 2. The Labute approximate surface area is 171 Å². The number of nitrogens with one attached hydrogen (secondary N) is 2. The topological polar surface area (TPSA) is 88.0 Å². The Bertz CT molecular complexity index is 952. The normalized spacial score (nSPS) is 12.8. The van der Waals surface area contributed by atoms with E-state index in [0.717, 1.165) is 6.07 Å². The number of aliphatic imine (C=N–C) groups is 1. The number of nitrogens with zero attached hydrogens (tertiary/aromatic N) is 5. The summed E-state index contributed by atoms with van der Waals surface area (Å²) in [4.78, 5) is 19.9. The van der Waals surface area contributed by atoms with E-state index in [-0.39, 0.29) is 35.2 Å². The molecule has 0 aromatic carbocycles. The molecule has 0 saturated heterocycles. The Morgan fingerprint density at radius 2 is 1.87 bits per heavy atom. The van der Waals surface area contributed by atoms with Crippen molar-refractivity contribution in [2.24, 2.45) is 4.99 Å². The third-order valence-electron chi connectivity index (χ3n) is 3.41. The van der Waals surface area contributed by atoms with Crippen LogP contribution in [0.15, 0.2) is 47.7 Å². The molecule has 2 aromatic rings. The number of rotatable bonds is 8. The summed E-state index contributed by atoms with van der Waals surface area (Å²) in [7, 11) is 0. The summed E-state index contributed by atoms with van der Waals surface area (Å²) >= 11 is 0. The van der Waals surface area contributed by atoms with Crippen LogP contribution in [-0.4, -0.2) is 38.4 Å². The smallest absolute Gasteiger partial charge is 0.352 e. The van der Waals surface area contributed by atoms with E-state index in [9.17, 15) is 17.6 Å². The van der Waals surface area contributed by atoms with E-state index in [2.05, 4.69) is 42.1 Å². The third kappa shape index (κ3) is 6.61. The molecule has 0 radical (unpaired) electrons. The molecule has 30 heavy (non-hydrogen) atoms. The van der Waals surface area contributed by atoms with Crippen molar-refractivity contribution in [2.75, 3.05) is 17.3 Å². The van der Waals surface area contributed by atoms with Crippen molar-refractivity contribution < 1.29 is 17.6 Å². The molecule has 2 aromatic heterocycles. The van der Waals surface area contributed by atoms with E-state index in [4.69, 9.17) is 0 Å². The molecular formula is C19H21F4N7. The first-order chi connectivity index (χ1) is 14.1. The van der Waals surface area contributed by atoms with Gasteiger partial charge in [-0.25, -0.2) is 9.37 Å². The second kappa shape index (κ2) is 9.90. The number of anilines is 2. The molecule has 0 spiro atoms. The predicted molar refractivity (Wildman–Crippen MR) is 108 cm³/mol. The lowest BCUT2D eigenvalue weighted by Gasteiger charge is -2.13. The molecule has 0 amide bonds. The van der Waals surface area contributed by atoms with Crippen LogP contribution in [0.1, 0.15) is 26.5 Å². The highest BCUT2D eigenvalue weighted by atomic mass is 19.4. The first kappa shape index (κ1) is 22.9. The zero-order chi connectivity index (χ0) is 22.3. The lowest BCUT2D eigenvalue weighted by molar-refractivity contribution is -0.141. The van der Waals surface area contributed by atoms with Gasteiger partial charge in [0.1, 0.15) is 18.1 Å². The van der Waals surface area contributed by atoms with Gasteiger partial charge < -0.3 is 10.6 Å². The van der Waals surface area contributed by atoms with Gasteiger partial charge in [-0.2, -0.15) is 28.1 Å². The molecular weight excluding hydrogens is 402 g/mol. The van der Waals surface area contributed by atoms with Crippen LogP contribution in [0, 0.1) is 0 Å². The number of pyridine rings is 1. The second-order valence-electron chi connectivity index (χ2n) is 6.40. The second-order valence-corrected chi connectivity index (χ2v) is 6.40. The Balaban J connectivity index is 2.47. The van der Waals surface area contributed by atoms with Gasteiger partial charge in [0.15, 0.2) is 5.82 Å². The highest BCUT2D eigenvalue weighted by Gasteiger charge is 2.32. The molecule has 11 heteroatoms. The lowest BCUT2D eigenvalue weighted by Crippen LogP contribution is -2.15. The van der Waals surface area contributed by atoms with Gasteiger partial charge in [-0.05, 0) is 39.0 Å². The van der Waals surface area contributed by atoms with Crippen LogP contribution in [0.25, 0.3) is 11.5 Å². The number of hydrogen-bond acceptors (Lipinski definition) is 7. The van der Waals surface area contributed by atoms with E-state index in [0.29, 0.717) is 5.70 Å². The number of allylic oxidation sites excluding steroid dienone is 2. The SMILES string of the molecule is C=C/N=C(\C=C(/C)Nc1nc(NC(C)C)nc(-c2cccc(C(F)(F)F)n2)n1)CF. The quantitative estimate of drug-likeness (QED) is 0.475. The molecule has 2 rings (SSSR count). The van der Waals surface area contributed by atoms with Crippen LogP contribution >= 0.6 is 0 Å². The zero-order valence-corrected chi connectivity index (χ0v) is 16.6. The Morgan fingerprint density at radius 1 is 1.17 bits per heavy atom. The van der Waals surface area contributed by atoms with Crippen LogP contribution in [0.2, 0.25) is 0 Å². The third-order valence-corrected chi connectivity index (χ3v) is 3.41. The summed E-state index contributed by atoms with van der Waals surface area (Å²) in [6.45, 7) is 7.95. The zero-order valence-electron chi connectivity index (χ0n) is 16.6. The minimum absolute atomic E-state index is 0.0444. The van der Waals surface area contributed by atoms with Gasteiger partial charge in [-0.15, -0.1) is 0 Å². The van der Waals surface area contributed by atoms with Gasteiger partial charge in [0.05, 0.1) is 5.71 Å². The summed E-state index contributed by atoms with van der Waals surface area (Å²) < 4.78 is 52.0. The summed E-state index contributed by atoms with van der Waals surface area (Å²) in [5, 5.41) is 5.84. The summed E-state index contributed by atoms with van der Waals surface area (Å²) in [6.07, 6.45) is -1.96. The van der Waals surface area contributed by atoms with Crippen molar-refractivity contribution in [2.45, 2.75) is 33.0 Å². The molecule has 0 saturated carbocycles. The van der Waals surface area contributed by atoms with Crippen molar-refractivity contribution in [3.05, 3.63) is 48.4 Å².